The highest BCUT2D eigenvalue weighted by Crippen LogP contribution is 2.32. The third-order valence-corrected chi connectivity index (χ3v) is 4.40. The zero-order valence-corrected chi connectivity index (χ0v) is 9.99. The fourth-order valence-electron chi connectivity index (χ4n) is 3.18. The molecule has 1 N–H and O–H groups in total. The van der Waals surface area contributed by atoms with Crippen LogP contribution in [0, 0.1) is 17.8 Å². The molecule has 0 bridgehead atoms. The topological polar surface area (TPSA) is 23.5 Å². The zero-order chi connectivity index (χ0) is 10.7. The van der Waals surface area contributed by atoms with Gasteiger partial charge in [-0.15, -0.1) is 0 Å². The predicted molar refractivity (Wildman–Crippen MR) is 62.8 cm³/mol. The van der Waals surface area contributed by atoms with Crippen molar-refractivity contribution in [1.29, 1.82) is 0 Å². The highest BCUT2D eigenvalue weighted by Gasteiger charge is 2.31. The molecule has 0 aromatic carbocycles. The summed E-state index contributed by atoms with van der Waals surface area (Å²) < 4.78 is 0. The van der Waals surface area contributed by atoms with Crippen LogP contribution < -0.4 is 0 Å². The summed E-state index contributed by atoms with van der Waals surface area (Å²) in [6.45, 7) is 6.58. The van der Waals surface area contributed by atoms with Gasteiger partial charge in [-0.2, -0.15) is 0 Å². The molecule has 2 fully saturated rings. The summed E-state index contributed by atoms with van der Waals surface area (Å²) in [5, 5.41) is 9.34. The second kappa shape index (κ2) is 5.31. The molecule has 0 spiro atoms. The number of nitrogens with zero attached hydrogens (tertiary/aromatic N) is 1. The van der Waals surface area contributed by atoms with Crippen molar-refractivity contribution in [2.24, 2.45) is 17.8 Å². The number of hydrogen-bond acceptors (Lipinski definition) is 2. The first-order valence-electron chi connectivity index (χ1n) is 6.66. The van der Waals surface area contributed by atoms with Crippen LogP contribution in [0.5, 0.6) is 0 Å². The molecule has 2 unspecified atom stereocenters. The maximum Gasteiger partial charge on any atom is 0.0462 e. The largest absolute Gasteiger partial charge is 0.396 e. The van der Waals surface area contributed by atoms with Crippen LogP contribution >= 0.6 is 0 Å². The van der Waals surface area contributed by atoms with E-state index in [-0.39, 0.29) is 0 Å². The van der Waals surface area contributed by atoms with Crippen molar-refractivity contribution in [3.63, 3.8) is 0 Å². The van der Waals surface area contributed by atoms with E-state index < -0.39 is 0 Å². The quantitative estimate of drug-likeness (QED) is 0.770. The summed E-state index contributed by atoms with van der Waals surface area (Å²) in [7, 11) is 0. The standard InChI is InChI=1S/C13H25NO/c1-2-11-7-14(8-11)9-12-5-3-4-6-13(12)10-15/h11-13,15H,2-10H2,1H3. The van der Waals surface area contributed by atoms with Gasteiger partial charge in [-0.25, -0.2) is 0 Å². The minimum atomic E-state index is 0.412. The highest BCUT2D eigenvalue weighted by molar-refractivity contribution is 4.84. The number of likely N-dealkylation sites (tertiary alicyclic amines) is 1. The van der Waals surface area contributed by atoms with Crippen LogP contribution in [-0.4, -0.2) is 36.2 Å². The average Bonchev–Trinajstić information content (AvgIpc) is 2.23. The Labute approximate surface area is 93.7 Å². The van der Waals surface area contributed by atoms with Gasteiger partial charge in [0.25, 0.3) is 0 Å². The summed E-state index contributed by atoms with van der Waals surface area (Å²) in [6, 6.07) is 0. The van der Waals surface area contributed by atoms with Gasteiger partial charge in [-0.05, 0) is 30.6 Å². The molecule has 88 valence electrons. The Hall–Kier alpha value is -0.0800. The van der Waals surface area contributed by atoms with Crippen molar-refractivity contribution in [1.82, 2.24) is 4.90 Å². The lowest BCUT2D eigenvalue weighted by atomic mass is 9.78. The molecule has 2 nitrogen and oxygen atoms in total. The summed E-state index contributed by atoms with van der Waals surface area (Å²) in [5.41, 5.74) is 0. The Balaban J connectivity index is 1.73. The van der Waals surface area contributed by atoms with E-state index in [0.717, 1.165) is 11.8 Å². The van der Waals surface area contributed by atoms with E-state index in [1.54, 1.807) is 0 Å². The van der Waals surface area contributed by atoms with E-state index in [0.29, 0.717) is 12.5 Å². The molecular weight excluding hydrogens is 186 g/mol. The first-order chi connectivity index (χ1) is 7.33. The number of hydrogen-bond donors (Lipinski definition) is 1. The van der Waals surface area contributed by atoms with Crippen molar-refractivity contribution >= 4 is 0 Å². The molecular formula is C13H25NO. The molecule has 1 aliphatic carbocycles. The Kier molecular flexibility index (Phi) is 4.04. The SMILES string of the molecule is CCC1CN(CC2CCCCC2CO)C1. The Morgan fingerprint density at radius 1 is 1.13 bits per heavy atom. The Morgan fingerprint density at radius 2 is 1.80 bits per heavy atom. The van der Waals surface area contributed by atoms with Crippen LogP contribution in [0.4, 0.5) is 0 Å². The van der Waals surface area contributed by atoms with Crippen LogP contribution in [-0.2, 0) is 0 Å². The molecule has 0 aromatic heterocycles. The van der Waals surface area contributed by atoms with Crippen LogP contribution in [0.2, 0.25) is 0 Å². The van der Waals surface area contributed by atoms with Crippen molar-refractivity contribution in [2.75, 3.05) is 26.2 Å². The van der Waals surface area contributed by atoms with Gasteiger partial charge >= 0.3 is 0 Å². The summed E-state index contributed by atoms with van der Waals surface area (Å²) in [5.74, 6) is 2.34. The van der Waals surface area contributed by atoms with Crippen molar-refractivity contribution in [3.8, 4) is 0 Å². The molecule has 2 aliphatic rings. The van der Waals surface area contributed by atoms with Gasteiger partial charge in [0.2, 0.25) is 0 Å². The Bertz CT molecular complexity index is 189. The molecule has 0 amide bonds. The molecule has 0 radical (unpaired) electrons. The predicted octanol–water partition coefficient (Wildman–Crippen LogP) is 2.13. The van der Waals surface area contributed by atoms with E-state index in [2.05, 4.69) is 11.8 Å². The van der Waals surface area contributed by atoms with Crippen molar-refractivity contribution < 1.29 is 5.11 Å². The lowest BCUT2D eigenvalue weighted by molar-refractivity contribution is 0.0401. The maximum absolute atomic E-state index is 9.34. The smallest absolute Gasteiger partial charge is 0.0462 e. The third kappa shape index (κ3) is 2.73. The molecule has 1 heterocycles. The minimum Gasteiger partial charge on any atom is -0.396 e. The number of rotatable bonds is 4. The number of aliphatic hydroxyl groups excluding tert-OH is 1. The van der Waals surface area contributed by atoms with Gasteiger partial charge in [0, 0.05) is 26.2 Å². The van der Waals surface area contributed by atoms with Gasteiger partial charge in [0.05, 0.1) is 0 Å². The van der Waals surface area contributed by atoms with Crippen LogP contribution in [0.15, 0.2) is 0 Å². The second-order valence-electron chi connectivity index (χ2n) is 5.48. The first kappa shape index (κ1) is 11.4. The normalized spacial score (nSPS) is 34.0. The molecule has 1 saturated carbocycles. The lowest BCUT2D eigenvalue weighted by Gasteiger charge is -2.43. The maximum atomic E-state index is 9.34. The minimum absolute atomic E-state index is 0.412. The monoisotopic (exact) mass is 211 g/mol. The van der Waals surface area contributed by atoms with Crippen molar-refractivity contribution in [2.45, 2.75) is 39.0 Å². The van der Waals surface area contributed by atoms with Gasteiger partial charge in [-0.3, -0.25) is 0 Å². The fourth-order valence-corrected chi connectivity index (χ4v) is 3.18. The van der Waals surface area contributed by atoms with Crippen LogP contribution in [0.1, 0.15) is 39.0 Å². The second-order valence-corrected chi connectivity index (χ2v) is 5.48. The zero-order valence-electron chi connectivity index (χ0n) is 9.99. The van der Waals surface area contributed by atoms with Crippen molar-refractivity contribution in [3.05, 3.63) is 0 Å². The van der Waals surface area contributed by atoms with Gasteiger partial charge < -0.3 is 10.0 Å². The van der Waals surface area contributed by atoms with E-state index in [1.807, 2.05) is 0 Å². The first-order valence-corrected chi connectivity index (χ1v) is 6.66. The molecule has 2 atom stereocenters. The van der Waals surface area contributed by atoms with E-state index >= 15 is 0 Å². The fraction of sp³-hybridized carbons (Fsp3) is 1.00. The highest BCUT2D eigenvalue weighted by atomic mass is 16.3. The van der Waals surface area contributed by atoms with E-state index in [1.165, 1.54) is 51.7 Å². The molecule has 0 aromatic rings. The molecule has 2 rings (SSSR count). The number of aliphatic hydroxyl groups is 1. The lowest BCUT2D eigenvalue weighted by Crippen LogP contribution is -2.49. The van der Waals surface area contributed by atoms with Crippen LogP contribution in [0.3, 0.4) is 0 Å². The van der Waals surface area contributed by atoms with E-state index in [9.17, 15) is 5.11 Å². The van der Waals surface area contributed by atoms with Gasteiger partial charge in [-0.1, -0.05) is 26.2 Å². The van der Waals surface area contributed by atoms with Gasteiger partial charge in [0.15, 0.2) is 0 Å². The molecule has 2 heteroatoms. The van der Waals surface area contributed by atoms with Crippen LogP contribution in [0.25, 0.3) is 0 Å². The summed E-state index contributed by atoms with van der Waals surface area (Å²) in [6.07, 6.45) is 6.65. The molecule has 1 saturated heterocycles. The Morgan fingerprint density at radius 3 is 2.40 bits per heavy atom. The van der Waals surface area contributed by atoms with Gasteiger partial charge in [0.1, 0.15) is 0 Å². The average molecular weight is 211 g/mol. The molecule has 15 heavy (non-hydrogen) atoms. The summed E-state index contributed by atoms with van der Waals surface area (Å²) in [4.78, 5) is 2.59. The molecule has 1 aliphatic heterocycles. The third-order valence-electron chi connectivity index (χ3n) is 4.40. The van der Waals surface area contributed by atoms with E-state index in [4.69, 9.17) is 0 Å². The summed E-state index contributed by atoms with van der Waals surface area (Å²) >= 11 is 0.